The van der Waals surface area contributed by atoms with Crippen molar-refractivity contribution in [3.63, 3.8) is 0 Å². The minimum Gasteiger partial charge on any atom is -0.435 e. The number of likely N-dealkylation sites (tertiary alicyclic amines) is 1. The van der Waals surface area contributed by atoms with Crippen LogP contribution >= 0.6 is 0 Å². The highest BCUT2D eigenvalue weighted by atomic mass is 16.6. The molecule has 1 rings (SSSR count). The van der Waals surface area contributed by atoms with Crippen LogP contribution in [0.1, 0.15) is 34.1 Å². The average Bonchev–Trinajstić information content (AvgIpc) is 2.53. The van der Waals surface area contributed by atoms with Crippen molar-refractivity contribution in [3.8, 4) is 0 Å². The van der Waals surface area contributed by atoms with Crippen molar-refractivity contribution in [2.24, 2.45) is 11.7 Å². The molecule has 3 atom stereocenters. The first-order valence-electron chi connectivity index (χ1n) is 6.18. The lowest BCUT2D eigenvalue weighted by Crippen LogP contribution is -2.60. The molecule has 104 valence electrons. The first-order chi connectivity index (χ1) is 8.13. The van der Waals surface area contributed by atoms with Crippen molar-refractivity contribution in [3.05, 3.63) is 0 Å². The summed E-state index contributed by atoms with van der Waals surface area (Å²) in [4.78, 5) is 23.8. The number of carboxylic acid groups (broad SMARTS) is 1. The van der Waals surface area contributed by atoms with Crippen LogP contribution in [0.15, 0.2) is 0 Å². The van der Waals surface area contributed by atoms with Crippen LogP contribution in [0.2, 0.25) is 0 Å². The number of quaternary nitrogens is 1. The second-order valence-corrected chi connectivity index (χ2v) is 6.00. The number of hydrogen-bond donors (Lipinski definition) is 2. The molecule has 0 aromatic rings. The lowest BCUT2D eigenvalue weighted by Gasteiger charge is -2.31. The number of carbonyl (C=O) groups is 2. The number of ether oxygens (including phenoxy) is 1. The largest absolute Gasteiger partial charge is 0.527 e. The highest BCUT2D eigenvalue weighted by Gasteiger charge is 2.58. The van der Waals surface area contributed by atoms with E-state index in [0.29, 0.717) is 13.0 Å². The van der Waals surface area contributed by atoms with Crippen molar-refractivity contribution in [1.82, 2.24) is 0 Å². The van der Waals surface area contributed by atoms with E-state index in [1.807, 2.05) is 0 Å². The van der Waals surface area contributed by atoms with E-state index in [-0.39, 0.29) is 18.5 Å². The van der Waals surface area contributed by atoms with Crippen LogP contribution in [0.5, 0.6) is 0 Å². The highest BCUT2D eigenvalue weighted by Crippen LogP contribution is 2.33. The Bertz CT molecular complexity index is 350. The third kappa shape index (κ3) is 2.64. The van der Waals surface area contributed by atoms with E-state index in [4.69, 9.17) is 10.5 Å². The van der Waals surface area contributed by atoms with Gasteiger partial charge in [-0.2, -0.15) is 9.59 Å². The topological polar surface area (TPSA) is 89.6 Å². The Hall–Kier alpha value is -1.14. The lowest BCUT2D eigenvalue weighted by atomic mass is 10.1. The molecule has 1 aliphatic heterocycles. The zero-order valence-electron chi connectivity index (χ0n) is 11.5. The van der Waals surface area contributed by atoms with Crippen LogP contribution < -0.4 is 5.73 Å². The molecule has 0 saturated carbocycles. The smallest absolute Gasteiger partial charge is 0.435 e. The normalized spacial score (nSPS) is 32.3. The zero-order chi connectivity index (χ0) is 14.1. The number of carbonyl (C=O) groups excluding carboxylic acids is 1. The summed E-state index contributed by atoms with van der Waals surface area (Å²) in [5.41, 5.74) is 4.89. The third-order valence-electron chi connectivity index (χ3n) is 3.37. The number of rotatable bonds is 1. The first-order valence-corrected chi connectivity index (χ1v) is 6.18. The van der Waals surface area contributed by atoms with Gasteiger partial charge in [0.25, 0.3) is 0 Å². The maximum Gasteiger partial charge on any atom is 0.527 e. The van der Waals surface area contributed by atoms with Gasteiger partial charge in [0.15, 0.2) is 0 Å². The zero-order valence-corrected chi connectivity index (χ0v) is 11.5. The Kier molecular flexibility index (Phi) is 4.02. The van der Waals surface area contributed by atoms with Gasteiger partial charge in [0.2, 0.25) is 0 Å². The van der Waals surface area contributed by atoms with E-state index in [0.717, 1.165) is 0 Å². The molecule has 1 aliphatic rings. The van der Waals surface area contributed by atoms with Gasteiger partial charge in [0.1, 0.15) is 18.2 Å². The maximum absolute atomic E-state index is 12.2. The van der Waals surface area contributed by atoms with Crippen LogP contribution in [0, 0.1) is 5.92 Å². The Morgan fingerprint density at radius 2 is 2.00 bits per heavy atom. The van der Waals surface area contributed by atoms with Crippen LogP contribution in [0.4, 0.5) is 9.59 Å². The Balaban J connectivity index is 3.02. The lowest BCUT2D eigenvalue weighted by molar-refractivity contribution is -0.797. The minimum atomic E-state index is -1.16. The summed E-state index contributed by atoms with van der Waals surface area (Å²) in [5, 5.41) is 9.45. The summed E-state index contributed by atoms with van der Waals surface area (Å²) in [5.74, 6) is 0.0450. The van der Waals surface area contributed by atoms with Gasteiger partial charge in [-0.15, -0.1) is 4.48 Å². The SMILES string of the molecule is CC1C[C@@H](CN)C[N+]1(C(=O)O)C(=O)OC(C)(C)C. The second-order valence-electron chi connectivity index (χ2n) is 6.00. The fraction of sp³-hybridized carbons (Fsp3) is 0.833. The van der Waals surface area contributed by atoms with Crippen LogP contribution in [-0.2, 0) is 4.74 Å². The molecule has 1 saturated heterocycles. The predicted octanol–water partition coefficient (Wildman–Crippen LogP) is 1.78. The molecule has 2 amide bonds. The van der Waals surface area contributed by atoms with Gasteiger partial charge < -0.3 is 15.6 Å². The Morgan fingerprint density at radius 1 is 1.44 bits per heavy atom. The number of imide groups is 1. The fourth-order valence-corrected chi connectivity index (χ4v) is 2.44. The summed E-state index contributed by atoms with van der Waals surface area (Å²) < 4.78 is 4.59. The molecule has 0 aliphatic carbocycles. The molecule has 6 nitrogen and oxygen atoms in total. The van der Waals surface area contributed by atoms with Crippen LogP contribution in [-0.4, -0.2) is 46.5 Å². The average molecular weight is 259 g/mol. The van der Waals surface area contributed by atoms with Gasteiger partial charge in [-0.3, -0.25) is 0 Å². The van der Waals surface area contributed by atoms with E-state index in [1.165, 1.54) is 0 Å². The molecule has 0 aromatic carbocycles. The van der Waals surface area contributed by atoms with E-state index in [1.54, 1.807) is 27.7 Å². The van der Waals surface area contributed by atoms with Gasteiger partial charge in [-0.1, -0.05) is 0 Å². The molecular weight excluding hydrogens is 236 g/mol. The molecule has 6 heteroatoms. The molecule has 1 fully saturated rings. The molecule has 2 unspecified atom stereocenters. The molecule has 1 heterocycles. The summed E-state index contributed by atoms with van der Waals surface area (Å²) >= 11 is 0. The van der Waals surface area contributed by atoms with Crippen molar-refractivity contribution >= 4 is 12.2 Å². The second kappa shape index (κ2) is 4.85. The summed E-state index contributed by atoms with van der Waals surface area (Å²) in [7, 11) is 0. The molecule has 18 heavy (non-hydrogen) atoms. The minimum absolute atomic E-state index is 0.0450. The van der Waals surface area contributed by atoms with Crippen molar-refractivity contribution in [2.45, 2.75) is 45.8 Å². The third-order valence-corrected chi connectivity index (χ3v) is 3.37. The molecule has 0 bridgehead atoms. The molecule has 0 aromatic heterocycles. The Labute approximate surface area is 107 Å². The molecule has 0 spiro atoms. The number of hydrogen-bond acceptors (Lipinski definition) is 4. The first kappa shape index (κ1) is 14.9. The number of nitrogens with zero attached hydrogens (tertiary/aromatic N) is 1. The van der Waals surface area contributed by atoms with E-state index in [2.05, 4.69) is 0 Å². The van der Waals surface area contributed by atoms with E-state index < -0.39 is 22.3 Å². The van der Waals surface area contributed by atoms with Gasteiger partial charge in [0, 0.05) is 18.9 Å². The fourth-order valence-electron chi connectivity index (χ4n) is 2.44. The Morgan fingerprint density at radius 3 is 2.33 bits per heavy atom. The molecule has 3 N–H and O–H groups in total. The number of nitrogens with two attached hydrogens (primary N) is 1. The van der Waals surface area contributed by atoms with Gasteiger partial charge in [-0.05, 0) is 27.7 Å². The molecule has 0 radical (unpaired) electrons. The standard InChI is InChI=1S/C12H22N2O4/c1-8-5-9(6-13)7-14(8,10(15)16)11(17)18-12(2,3)4/h8-9H,5-7,13H2,1-4H3/p+1/t8?,9-,14?/m0/s1. The van der Waals surface area contributed by atoms with Crippen molar-refractivity contribution < 1.29 is 23.9 Å². The number of amides is 2. The van der Waals surface area contributed by atoms with Crippen LogP contribution in [0.25, 0.3) is 0 Å². The monoisotopic (exact) mass is 259 g/mol. The van der Waals surface area contributed by atoms with Crippen molar-refractivity contribution in [1.29, 1.82) is 0 Å². The van der Waals surface area contributed by atoms with Gasteiger partial charge in [-0.25, -0.2) is 0 Å². The van der Waals surface area contributed by atoms with Crippen molar-refractivity contribution in [2.75, 3.05) is 13.1 Å². The quantitative estimate of drug-likeness (QED) is 0.701. The summed E-state index contributed by atoms with van der Waals surface area (Å²) in [6, 6.07) is -0.314. The van der Waals surface area contributed by atoms with Gasteiger partial charge >= 0.3 is 12.2 Å². The maximum atomic E-state index is 12.2. The van der Waals surface area contributed by atoms with Crippen LogP contribution in [0.3, 0.4) is 0 Å². The predicted molar refractivity (Wildman–Crippen MR) is 66.0 cm³/mol. The summed E-state index contributed by atoms with van der Waals surface area (Å²) in [6.45, 7) is 7.54. The molecular formula is C12H23N2O4+. The highest BCUT2D eigenvalue weighted by molar-refractivity contribution is 5.76. The van der Waals surface area contributed by atoms with E-state index in [9.17, 15) is 14.7 Å². The van der Waals surface area contributed by atoms with Gasteiger partial charge in [0.05, 0.1) is 0 Å². The van der Waals surface area contributed by atoms with E-state index >= 15 is 0 Å². The summed E-state index contributed by atoms with van der Waals surface area (Å²) in [6.07, 6.45) is -1.23.